The first-order chi connectivity index (χ1) is 8.68. The van der Waals surface area contributed by atoms with E-state index in [1.54, 1.807) is 4.90 Å². The molecule has 1 aromatic rings. The van der Waals surface area contributed by atoms with Crippen molar-refractivity contribution in [3.63, 3.8) is 0 Å². The van der Waals surface area contributed by atoms with Gasteiger partial charge in [0.05, 0.1) is 6.54 Å². The number of carbonyl (C=O) groups is 1. The fraction of sp³-hybridized carbons (Fsp3) is 0.533. The molecule has 2 rings (SSSR count). The standard InChI is InChI=1S/C15H22N2O/c1-13-8-6-7-11-17(13)12-15(18)16(2)14-9-4-3-5-10-14/h3-5,9-10,13H,6-8,11-12H2,1-2H3. The maximum Gasteiger partial charge on any atom is 0.240 e. The number of nitrogens with zero attached hydrogens (tertiary/aromatic N) is 2. The van der Waals surface area contributed by atoms with Crippen LogP contribution in [0.4, 0.5) is 5.69 Å². The van der Waals surface area contributed by atoms with Crippen LogP contribution in [0.25, 0.3) is 0 Å². The van der Waals surface area contributed by atoms with E-state index in [4.69, 9.17) is 0 Å². The number of para-hydroxylation sites is 1. The van der Waals surface area contributed by atoms with Crippen molar-refractivity contribution in [2.75, 3.05) is 25.0 Å². The molecule has 3 heteroatoms. The summed E-state index contributed by atoms with van der Waals surface area (Å²) >= 11 is 0. The summed E-state index contributed by atoms with van der Waals surface area (Å²) in [5.74, 6) is 0.176. The smallest absolute Gasteiger partial charge is 0.240 e. The number of anilines is 1. The van der Waals surface area contributed by atoms with Crippen LogP contribution in [0.3, 0.4) is 0 Å². The summed E-state index contributed by atoms with van der Waals surface area (Å²) in [6.45, 7) is 3.80. The minimum atomic E-state index is 0.176. The van der Waals surface area contributed by atoms with E-state index in [9.17, 15) is 4.79 Å². The second kappa shape index (κ2) is 6.01. The average molecular weight is 246 g/mol. The Labute approximate surface area is 109 Å². The molecule has 18 heavy (non-hydrogen) atoms. The molecule has 1 amide bonds. The highest BCUT2D eigenvalue weighted by molar-refractivity contribution is 5.94. The number of likely N-dealkylation sites (N-methyl/N-ethyl adjacent to an activating group) is 1. The van der Waals surface area contributed by atoms with Crippen LogP contribution in [0.15, 0.2) is 30.3 Å². The number of piperidine rings is 1. The Hall–Kier alpha value is -1.35. The van der Waals surface area contributed by atoms with Crippen LogP contribution in [0.2, 0.25) is 0 Å². The Balaban J connectivity index is 1.95. The highest BCUT2D eigenvalue weighted by atomic mass is 16.2. The molecule has 0 saturated carbocycles. The number of hydrogen-bond donors (Lipinski definition) is 0. The van der Waals surface area contributed by atoms with Crippen LogP contribution in [-0.4, -0.2) is 37.0 Å². The van der Waals surface area contributed by atoms with Crippen LogP contribution in [0, 0.1) is 0 Å². The van der Waals surface area contributed by atoms with E-state index >= 15 is 0 Å². The van der Waals surface area contributed by atoms with Gasteiger partial charge in [-0.1, -0.05) is 24.6 Å². The first kappa shape index (κ1) is 13.1. The summed E-state index contributed by atoms with van der Waals surface area (Å²) in [4.78, 5) is 16.3. The second-order valence-corrected chi connectivity index (χ2v) is 5.10. The monoisotopic (exact) mass is 246 g/mol. The van der Waals surface area contributed by atoms with Crippen molar-refractivity contribution >= 4 is 11.6 Å². The van der Waals surface area contributed by atoms with E-state index in [0.717, 1.165) is 12.2 Å². The fourth-order valence-electron chi connectivity index (χ4n) is 2.47. The van der Waals surface area contributed by atoms with Gasteiger partial charge in [0, 0.05) is 18.8 Å². The topological polar surface area (TPSA) is 23.6 Å². The largest absolute Gasteiger partial charge is 0.314 e. The van der Waals surface area contributed by atoms with Gasteiger partial charge in [-0.2, -0.15) is 0 Å². The van der Waals surface area contributed by atoms with Gasteiger partial charge < -0.3 is 4.90 Å². The number of hydrogen-bond acceptors (Lipinski definition) is 2. The van der Waals surface area contributed by atoms with Crippen LogP contribution >= 0.6 is 0 Å². The second-order valence-electron chi connectivity index (χ2n) is 5.10. The number of amides is 1. The van der Waals surface area contributed by atoms with E-state index in [1.807, 2.05) is 37.4 Å². The molecule has 1 unspecified atom stereocenters. The molecular weight excluding hydrogens is 224 g/mol. The summed E-state index contributed by atoms with van der Waals surface area (Å²) in [5, 5.41) is 0. The Kier molecular flexibility index (Phi) is 4.37. The lowest BCUT2D eigenvalue weighted by Gasteiger charge is -2.33. The fourth-order valence-corrected chi connectivity index (χ4v) is 2.47. The molecule has 0 aliphatic carbocycles. The molecule has 98 valence electrons. The van der Waals surface area contributed by atoms with Crippen molar-refractivity contribution in [2.24, 2.45) is 0 Å². The molecule has 1 aromatic carbocycles. The van der Waals surface area contributed by atoms with E-state index in [1.165, 1.54) is 19.3 Å². The minimum absolute atomic E-state index is 0.176. The lowest BCUT2D eigenvalue weighted by molar-refractivity contribution is -0.120. The average Bonchev–Trinajstić information content (AvgIpc) is 2.41. The maximum atomic E-state index is 12.2. The predicted molar refractivity (Wildman–Crippen MR) is 74.7 cm³/mol. The molecule has 1 heterocycles. The summed E-state index contributed by atoms with van der Waals surface area (Å²) in [5.41, 5.74) is 0.965. The van der Waals surface area contributed by atoms with Gasteiger partial charge in [0.1, 0.15) is 0 Å². The molecule has 1 aliphatic heterocycles. The number of carbonyl (C=O) groups excluding carboxylic acids is 1. The van der Waals surface area contributed by atoms with Gasteiger partial charge >= 0.3 is 0 Å². The van der Waals surface area contributed by atoms with Gasteiger partial charge in [0.25, 0.3) is 0 Å². The highest BCUT2D eigenvalue weighted by Crippen LogP contribution is 2.17. The first-order valence-corrected chi connectivity index (χ1v) is 6.74. The molecule has 1 fully saturated rings. The number of likely N-dealkylation sites (tertiary alicyclic amines) is 1. The van der Waals surface area contributed by atoms with Crippen LogP contribution in [0.5, 0.6) is 0 Å². The third-order valence-corrected chi connectivity index (χ3v) is 3.80. The number of benzene rings is 1. The maximum absolute atomic E-state index is 12.2. The Morgan fingerprint density at radius 3 is 2.72 bits per heavy atom. The van der Waals surface area contributed by atoms with Gasteiger partial charge in [-0.15, -0.1) is 0 Å². The Morgan fingerprint density at radius 2 is 2.06 bits per heavy atom. The molecule has 0 N–H and O–H groups in total. The molecule has 0 radical (unpaired) electrons. The van der Waals surface area contributed by atoms with Crippen molar-refractivity contribution in [3.05, 3.63) is 30.3 Å². The summed E-state index contributed by atoms with van der Waals surface area (Å²) in [6.07, 6.45) is 3.72. The van der Waals surface area contributed by atoms with E-state index in [2.05, 4.69) is 11.8 Å². The molecule has 1 saturated heterocycles. The molecule has 0 spiro atoms. The van der Waals surface area contributed by atoms with Gasteiger partial charge in [0.2, 0.25) is 5.91 Å². The lowest BCUT2D eigenvalue weighted by atomic mass is 10.0. The van der Waals surface area contributed by atoms with Crippen molar-refractivity contribution in [1.29, 1.82) is 0 Å². The van der Waals surface area contributed by atoms with E-state index in [0.29, 0.717) is 12.6 Å². The molecule has 1 atom stereocenters. The molecule has 0 bridgehead atoms. The summed E-state index contributed by atoms with van der Waals surface area (Å²) in [7, 11) is 1.85. The Bertz CT molecular complexity index is 391. The van der Waals surface area contributed by atoms with Crippen molar-refractivity contribution in [2.45, 2.75) is 32.2 Å². The molecule has 1 aliphatic rings. The quantitative estimate of drug-likeness (QED) is 0.818. The zero-order chi connectivity index (χ0) is 13.0. The van der Waals surface area contributed by atoms with Gasteiger partial charge in [-0.3, -0.25) is 9.69 Å². The van der Waals surface area contributed by atoms with Gasteiger partial charge in [-0.05, 0) is 38.4 Å². The van der Waals surface area contributed by atoms with Crippen LogP contribution < -0.4 is 4.90 Å². The van der Waals surface area contributed by atoms with Gasteiger partial charge in [-0.25, -0.2) is 0 Å². The predicted octanol–water partition coefficient (Wildman–Crippen LogP) is 2.52. The minimum Gasteiger partial charge on any atom is -0.314 e. The zero-order valence-corrected chi connectivity index (χ0v) is 11.3. The van der Waals surface area contributed by atoms with Crippen molar-refractivity contribution < 1.29 is 4.79 Å². The summed E-state index contributed by atoms with van der Waals surface area (Å²) in [6, 6.07) is 10.4. The third kappa shape index (κ3) is 3.10. The Morgan fingerprint density at radius 1 is 1.33 bits per heavy atom. The lowest BCUT2D eigenvalue weighted by Crippen LogP contribution is -2.44. The zero-order valence-electron chi connectivity index (χ0n) is 11.3. The van der Waals surface area contributed by atoms with Crippen molar-refractivity contribution in [3.8, 4) is 0 Å². The van der Waals surface area contributed by atoms with E-state index in [-0.39, 0.29) is 5.91 Å². The molecule has 0 aromatic heterocycles. The van der Waals surface area contributed by atoms with Crippen LogP contribution in [0.1, 0.15) is 26.2 Å². The normalized spacial score (nSPS) is 20.7. The van der Waals surface area contributed by atoms with Crippen molar-refractivity contribution in [1.82, 2.24) is 4.90 Å². The highest BCUT2D eigenvalue weighted by Gasteiger charge is 2.22. The third-order valence-electron chi connectivity index (χ3n) is 3.80. The van der Waals surface area contributed by atoms with E-state index < -0.39 is 0 Å². The van der Waals surface area contributed by atoms with Gasteiger partial charge in [0.15, 0.2) is 0 Å². The number of rotatable bonds is 3. The molecular formula is C15H22N2O. The first-order valence-electron chi connectivity index (χ1n) is 6.74. The molecule has 3 nitrogen and oxygen atoms in total. The van der Waals surface area contributed by atoms with Crippen LogP contribution in [-0.2, 0) is 4.79 Å². The SMILES string of the molecule is CC1CCCCN1CC(=O)N(C)c1ccccc1. The summed E-state index contributed by atoms with van der Waals surface area (Å²) < 4.78 is 0.